The highest BCUT2D eigenvalue weighted by molar-refractivity contribution is 6.70. The Morgan fingerprint density at radius 1 is 1.34 bits per heavy atom. The third-order valence-corrected chi connectivity index (χ3v) is 4.73. The van der Waals surface area contributed by atoms with Crippen LogP contribution in [0.1, 0.15) is 12.8 Å². The third kappa shape index (κ3) is 5.53. The van der Waals surface area contributed by atoms with E-state index in [9.17, 15) is 18.8 Å². The van der Waals surface area contributed by atoms with E-state index in [1.54, 1.807) is 6.07 Å². The summed E-state index contributed by atoms with van der Waals surface area (Å²) in [5.74, 6) is -1.90. The summed E-state index contributed by atoms with van der Waals surface area (Å²) in [6.07, 6.45) is 3.36. The number of anilines is 1. The number of nitrogens with one attached hydrogen (secondary N) is 2. The predicted molar refractivity (Wildman–Crippen MR) is 115 cm³/mol. The molecule has 11 nitrogen and oxygen atoms in total. The first-order chi connectivity index (χ1) is 15.4. The fraction of sp³-hybridized carbons (Fsp3) is 0.300. The van der Waals surface area contributed by atoms with E-state index < -0.39 is 29.6 Å². The van der Waals surface area contributed by atoms with Crippen LogP contribution >= 0.6 is 0 Å². The molecule has 0 spiro atoms. The Labute approximate surface area is 182 Å². The Morgan fingerprint density at radius 2 is 2.16 bits per heavy atom. The molecule has 4 N–H and O–H groups in total. The SMILES string of the molecule is COC(=O)C1CCCN1C(=O)/C=C/C(=O)NCC1=NN=C(N)/C1=N\Nc1cccc(F)c1. The molecule has 1 atom stereocenters. The zero-order chi connectivity index (χ0) is 23.1. The third-order valence-electron chi connectivity index (χ3n) is 4.73. The van der Waals surface area contributed by atoms with E-state index in [2.05, 4.69) is 26.0 Å². The lowest BCUT2D eigenvalue weighted by Crippen LogP contribution is -2.40. The fourth-order valence-corrected chi connectivity index (χ4v) is 3.16. The number of amides is 2. The van der Waals surface area contributed by atoms with Crippen LogP contribution in [0.4, 0.5) is 10.1 Å². The summed E-state index contributed by atoms with van der Waals surface area (Å²) in [5, 5.41) is 14.2. The molecule has 1 aromatic rings. The van der Waals surface area contributed by atoms with E-state index in [-0.39, 0.29) is 23.8 Å². The number of carbonyl (C=O) groups is 3. The van der Waals surface area contributed by atoms with Crippen LogP contribution in [-0.4, -0.2) is 66.2 Å². The summed E-state index contributed by atoms with van der Waals surface area (Å²) in [6, 6.07) is 5.03. The summed E-state index contributed by atoms with van der Waals surface area (Å²) in [7, 11) is 1.26. The second-order valence-electron chi connectivity index (χ2n) is 6.88. The van der Waals surface area contributed by atoms with Gasteiger partial charge in [-0.05, 0) is 31.0 Å². The van der Waals surface area contributed by atoms with Crippen molar-refractivity contribution < 1.29 is 23.5 Å². The molecule has 0 radical (unpaired) electrons. The Balaban J connectivity index is 1.54. The molecule has 1 aromatic carbocycles. The molecule has 0 aromatic heterocycles. The number of carbonyl (C=O) groups excluding carboxylic acids is 3. The lowest BCUT2D eigenvalue weighted by Gasteiger charge is -2.20. The monoisotopic (exact) mass is 443 g/mol. The van der Waals surface area contributed by atoms with Crippen LogP contribution in [0.3, 0.4) is 0 Å². The molecule has 2 aliphatic heterocycles. The highest BCUT2D eigenvalue weighted by Gasteiger charge is 2.33. The maximum atomic E-state index is 13.3. The average molecular weight is 443 g/mol. The highest BCUT2D eigenvalue weighted by Crippen LogP contribution is 2.18. The second-order valence-corrected chi connectivity index (χ2v) is 6.88. The van der Waals surface area contributed by atoms with Crippen LogP contribution in [0.25, 0.3) is 0 Å². The lowest BCUT2D eigenvalue weighted by atomic mass is 10.2. The number of hydrogen-bond donors (Lipinski definition) is 3. The van der Waals surface area contributed by atoms with Gasteiger partial charge in [-0.3, -0.25) is 15.0 Å². The number of esters is 1. The molecule has 2 amide bonds. The number of halogens is 1. The average Bonchev–Trinajstić information content (AvgIpc) is 3.41. The molecule has 0 bridgehead atoms. The Morgan fingerprint density at radius 3 is 2.91 bits per heavy atom. The number of methoxy groups -OCH3 is 1. The Bertz CT molecular complexity index is 1030. The first-order valence-electron chi connectivity index (χ1n) is 9.73. The topological polar surface area (TPSA) is 151 Å². The van der Waals surface area contributed by atoms with Gasteiger partial charge in [0.05, 0.1) is 19.3 Å². The van der Waals surface area contributed by atoms with Crippen molar-refractivity contribution in [1.29, 1.82) is 0 Å². The number of hydrazone groups is 1. The summed E-state index contributed by atoms with van der Waals surface area (Å²) in [5.41, 5.74) is 9.30. The van der Waals surface area contributed by atoms with Crippen LogP contribution in [-0.2, 0) is 19.1 Å². The van der Waals surface area contributed by atoms with Crippen LogP contribution in [0.5, 0.6) is 0 Å². The summed E-state index contributed by atoms with van der Waals surface area (Å²) >= 11 is 0. The molecule has 1 fully saturated rings. The van der Waals surface area contributed by atoms with Crippen LogP contribution in [0.15, 0.2) is 51.7 Å². The number of nitrogens with two attached hydrogens (primary N) is 1. The van der Waals surface area contributed by atoms with Gasteiger partial charge in [-0.15, -0.1) is 10.2 Å². The van der Waals surface area contributed by atoms with Crippen LogP contribution < -0.4 is 16.5 Å². The van der Waals surface area contributed by atoms with E-state index in [0.717, 1.165) is 12.2 Å². The Kier molecular flexibility index (Phi) is 7.26. The fourth-order valence-electron chi connectivity index (χ4n) is 3.16. The molecule has 2 aliphatic rings. The van der Waals surface area contributed by atoms with E-state index in [1.807, 2.05) is 0 Å². The molecule has 3 rings (SSSR count). The molecule has 0 saturated carbocycles. The molecular weight excluding hydrogens is 421 g/mol. The van der Waals surface area contributed by atoms with Gasteiger partial charge in [0.1, 0.15) is 17.6 Å². The van der Waals surface area contributed by atoms with Crippen molar-refractivity contribution in [2.24, 2.45) is 21.0 Å². The standard InChI is InChI=1S/C20H22FN7O4/c1-32-20(31)15-6-3-9-28(15)17(30)8-7-16(29)23-11-14-18(19(22)27-25-14)26-24-13-5-2-4-12(21)10-13/h2,4-5,7-8,10,15,24H,3,6,9,11H2,1H3,(H,23,29)(H2,22,26,27)/b8-7+. The first-order valence-corrected chi connectivity index (χ1v) is 9.73. The molecule has 2 heterocycles. The predicted octanol–water partition coefficient (Wildman–Crippen LogP) is 0.157. The van der Waals surface area contributed by atoms with Gasteiger partial charge in [-0.1, -0.05) is 6.07 Å². The molecule has 0 aliphatic carbocycles. The number of rotatable bonds is 7. The van der Waals surface area contributed by atoms with Gasteiger partial charge < -0.3 is 20.7 Å². The van der Waals surface area contributed by atoms with Crippen molar-refractivity contribution in [3.8, 4) is 0 Å². The first kappa shape index (κ1) is 22.6. The van der Waals surface area contributed by atoms with Gasteiger partial charge in [0.25, 0.3) is 0 Å². The maximum Gasteiger partial charge on any atom is 0.328 e. The minimum Gasteiger partial charge on any atom is -0.467 e. The van der Waals surface area contributed by atoms with Crippen molar-refractivity contribution >= 4 is 40.7 Å². The quantitative estimate of drug-likeness (QED) is 0.310. The zero-order valence-electron chi connectivity index (χ0n) is 17.2. The number of ether oxygens (including phenoxy) is 1. The van der Waals surface area contributed by atoms with Gasteiger partial charge in [-0.2, -0.15) is 5.10 Å². The normalized spacial score (nSPS) is 19.1. The second kappa shape index (κ2) is 10.3. The van der Waals surface area contributed by atoms with Gasteiger partial charge >= 0.3 is 5.97 Å². The molecular formula is C20H22FN7O4. The van der Waals surface area contributed by atoms with E-state index >= 15 is 0 Å². The summed E-state index contributed by atoms with van der Waals surface area (Å²) < 4.78 is 18.0. The smallest absolute Gasteiger partial charge is 0.328 e. The van der Waals surface area contributed by atoms with Gasteiger partial charge in [-0.25, -0.2) is 9.18 Å². The van der Waals surface area contributed by atoms with Crippen molar-refractivity contribution in [3.05, 3.63) is 42.2 Å². The van der Waals surface area contributed by atoms with Gasteiger partial charge in [0.15, 0.2) is 11.5 Å². The van der Waals surface area contributed by atoms with Gasteiger partial charge in [0.2, 0.25) is 11.8 Å². The van der Waals surface area contributed by atoms with Crippen molar-refractivity contribution in [2.45, 2.75) is 18.9 Å². The Hall–Kier alpha value is -4.09. The number of hydrogen-bond acceptors (Lipinski definition) is 9. The zero-order valence-corrected chi connectivity index (χ0v) is 17.2. The molecule has 12 heteroatoms. The number of likely N-dealkylation sites (tertiary alicyclic amines) is 1. The van der Waals surface area contributed by atoms with E-state index in [1.165, 1.54) is 30.2 Å². The van der Waals surface area contributed by atoms with E-state index in [4.69, 9.17) is 10.5 Å². The van der Waals surface area contributed by atoms with Crippen molar-refractivity contribution in [2.75, 3.05) is 25.6 Å². The number of nitrogens with zero attached hydrogens (tertiary/aromatic N) is 4. The number of benzene rings is 1. The number of amidine groups is 1. The van der Waals surface area contributed by atoms with Crippen molar-refractivity contribution in [3.63, 3.8) is 0 Å². The molecule has 32 heavy (non-hydrogen) atoms. The largest absolute Gasteiger partial charge is 0.467 e. The summed E-state index contributed by atoms with van der Waals surface area (Å²) in [4.78, 5) is 37.5. The molecule has 1 unspecified atom stereocenters. The van der Waals surface area contributed by atoms with Gasteiger partial charge in [0, 0.05) is 18.7 Å². The molecule has 1 saturated heterocycles. The van der Waals surface area contributed by atoms with E-state index in [0.29, 0.717) is 25.1 Å². The minimum absolute atomic E-state index is 0.0340. The summed E-state index contributed by atoms with van der Waals surface area (Å²) in [6.45, 7) is 0.357. The van der Waals surface area contributed by atoms with Crippen molar-refractivity contribution in [1.82, 2.24) is 10.2 Å². The lowest BCUT2D eigenvalue weighted by molar-refractivity contribution is -0.149. The molecule has 168 valence electrons. The minimum atomic E-state index is -0.641. The van der Waals surface area contributed by atoms with Crippen LogP contribution in [0.2, 0.25) is 0 Å². The van der Waals surface area contributed by atoms with Crippen LogP contribution in [0, 0.1) is 5.82 Å². The highest BCUT2D eigenvalue weighted by atomic mass is 19.1. The maximum absolute atomic E-state index is 13.3.